The summed E-state index contributed by atoms with van der Waals surface area (Å²) in [5.74, 6) is 0.888. The van der Waals surface area contributed by atoms with Crippen LogP contribution in [-0.4, -0.2) is 35.0 Å². The number of rotatable bonds is 7. The molecule has 1 heterocycles. The van der Waals surface area contributed by atoms with Crippen molar-refractivity contribution < 1.29 is 4.74 Å². The topological polar surface area (TPSA) is 52.0 Å². The van der Waals surface area contributed by atoms with E-state index in [4.69, 9.17) is 16.3 Å². The minimum absolute atomic E-state index is 0.693. The van der Waals surface area contributed by atoms with Gasteiger partial charge in [-0.15, -0.1) is 10.2 Å². The molecule has 1 aromatic carbocycles. The lowest BCUT2D eigenvalue weighted by Crippen LogP contribution is -2.18. The first-order valence-electron chi connectivity index (χ1n) is 6.63. The molecule has 0 amide bonds. The molecule has 7 heteroatoms. The van der Waals surface area contributed by atoms with Gasteiger partial charge in [0.1, 0.15) is 5.82 Å². The number of aromatic nitrogens is 3. The Bertz CT molecular complexity index is 603. The van der Waals surface area contributed by atoms with Crippen LogP contribution in [-0.2, 0) is 18.3 Å². The second kappa shape index (κ2) is 7.79. The van der Waals surface area contributed by atoms with E-state index in [-0.39, 0.29) is 0 Å². The van der Waals surface area contributed by atoms with Gasteiger partial charge in [-0.25, -0.2) is 0 Å². The second-order valence-electron chi connectivity index (χ2n) is 4.61. The summed E-state index contributed by atoms with van der Waals surface area (Å²) in [4.78, 5) is 1.09. The third kappa shape index (κ3) is 4.44. The Morgan fingerprint density at radius 3 is 2.86 bits per heavy atom. The number of hydrogen-bond donors (Lipinski definition) is 1. The van der Waals surface area contributed by atoms with Gasteiger partial charge in [0, 0.05) is 37.2 Å². The van der Waals surface area contributed by atoms with Crippen LogP contribution in [0.4, 0.5) is 0 Å². The number of aryl methyl sites for hydroxylation is 1. The molecular formula is C14H19ClN4OS. The van der Waals surface area contributed by atoms with Crippen molar-refractivity contribution in [1.29, 1.82) is 0 Å². The highest BCUT2D eigenvalue weighted by Crippen LogP contribution is 2.31. The summed E-state index contributed by atoms with van der Waals surface area (Å²) >= 11 is 7.69. The van der Waals surface area contributed by atoms with Crippen LogP contribution in [0.3, 0.4) is 0 Å². The molecule has 2 aromatic rings. The molecule has 5 nitrogen and oxygen atoms in total. The second-order valence-corrected chi connectivity index (χ2v) is 6.06. The molecule has 0 aliphatic heterocycles. The minimum atomic E-state index is 0.693. The molecule has 1 N–H and O–H groups in total. The van der Waals surface area contributed by atoms with E-state index in [1.807, 2.05) is 36.7 Å². The van der Waals surface area contributed by atoms with Crippen molar-refractivity contribution in [2.75, 3.05) is 20.3 Å². The summed E-state index contributed by atoms with van der Waals surface area (Å²) in [6, 6.07) is 5.90. The lowest BCUT2D eigenvalue weighted by molar-refractivity contribution is 0.199. The molecule has 0 fully saturated rings. The maximum atomic E-state index is 6.12. The van der Waals surface area contributed by atoms with Crippen molar-refractivity contribution in [1.82, 2.24) is 20.1 Å². The first kappa shape index (κ1) is 16.3. The maximum absolute atomic E-state index is 6.12. The fraction of sp³-hybridized carbons (Fsp3) is 0.429. The van der Waals surface area contributed by atoms with Gasteiger partial charge < -0.3 is 14.6 Å². The van der Waals surface area contributed by atoms with E-state index in [1.165, 1.54) is 5.56 Å². The average Bonchev–Trinajstić information content (AvgIpc) is 2.77. The predicted molar refractivity (Wildman–Crippen MR) is 84.9 cm³/mol. The molecule has 0 aliphatic carbocycles. The molecular weight excluding hydrogens is 308 g/mol. The van der Waals surface area contributed by atoms with Gasteiger partial charge >= 0.3 is 0 Å². The Labute approximate surface area is 134 Å². The first-order valence-corrected chi connectivity index (χ1v) is 7.83. The molecule has 0 saturated carbocycles. The van der Waals surface area contributed by atoms with Gasteiger partial charge in [-0.3, -0.25) is 0 Å². The van der Waals surface area contributed by atoms with E-state index in [1.54, 1.807) is 18.9 Å². The predicted octanol–water partition coefficient (Wildman–Crippen LogP) is 2.66. The summed E-state index contributed by atoms with van der Waals surface area (Å²) in [7, 11) is 3.65. The fourth-order valence-electron chi connectivity index (χ4n) is 1.74. The van der Waals surface area contributed by atoms with Crippen LogP contribution >= 0.6 is 23.4 Å². The van der Waals surface area contributed by atoms with Crippen LogP contribution in [0.2, 0.25) is 5.02 Å². The number of methoxy groups -OCH3 is 1. The Morgan fingerprint density at radius 2 is 2.19 bits per heavy atom. The van der Waals surface area contributed by atoms with Crippen molar-refractivity contribution in [3.63, 3.8) is 0 Å². The van der Waals surface area contributed by atoms with Gasteiger partial charge in [-0.1, -0.05) is 17.7 Å². The van der Waals surface area contributed by atoms with Crippen LogP contribution in [0.15, 0.2) is 28.3 Å². The van der Waals surface area contributed by atoms with E-state index in [0.717, 1.165) is 34.0 Å². The highest BCUT2D eigenvalue weighted by molar-refractivity contribution is 7.99. The van der Waals surface area contributed by atoms with E-state index >= 15 is 0 Å². The average molecular weight is 327 g/mol. The molecule has 114 valence electrons. The molecule has 21 heavy (non-hydrogen) atoms. The van der Waals surface area contributed by atoms with Crippen LogP contribution in [0.1, 0.15) is 11.4 Å². The maximum Gasteiger partial charge on any atom is 0.195 e. The monoisotopic (exact) mass is 326 g/mol. The number of ether oxygens (including phenoxy) is 1. The zero-order valence-corrected chi connectivity index (χ0v) is 14.0. The zero-order valence-electron chi connectivity index (χ0n) is 12.4. The van der Waals surface area contributed by atoms with Crippen molar-refractivity contribution in [3.8, 4) is 0 Å². The molecule has 0 saturated heterocycles. The number of hydrogen-bond acceptors (Lipinski definition) is 5. The highest BCUT2D eigenvalue weighted by atomic mass is 35.5. The lowest BCUT2D eigenvalue weighted by atomic mass is 10.2. The van der Waals surface area contributed by atoms with Crippen molar-refractivity contribution in [2.45, 2.75) is 23.5 Å². The van der Waals surface area contributed by atoms with E-state index in [2.05, 4.69) is 15.5 Å². The number of halogens is 1. The van der Waals surface area contributed by atoms with E-state index < -0.39 is 0 Å². The summed E-state index contributed by atoms with van der Waals surface area (Å²) in [6.45, 7) is 4.20. The first-order chi connectivity index (χ1) is 10.1. The number of nitrogens with zero attached hydrogens (tertiary/aromatic N) is 3. The summed E-state index contributed by atoms with van der Waals surface area (Å²) < 4.78 is 7.00. The Morgan fingerprint density at radius 1 is 1.38 bits per heavy atom. The standard InChI is InChI=1S/C14H19ClN4OS/c1-10-17-18-14(19(10)2)21-13-8-12(15)5-4-11(13)9-16-6-7-20-3/h4-5,8,16H,6-7,9H2,1-3H3. The molecule has 0 aliphatic rings. The van der Waals surface area contributed by atoms with E-state index in [9.17, 15) is 0 Å². The van der Waals surface area contributed by atoms with Gasteiger partial charge in [0.25, 0.3) is 0 Å². The Kier molecular flexibility index (Phi) is 6.05. The summed E-state index contributed by atoms with van der Waals surface area (Å²) in [6.07, 6.45) is 0. The molecule has 0 unspecified atom stereocenters. The van der Waals surface area contributed by atoms with E-state index in [0.29, 0.717) is 6.61 Å². The van der Waals surface area contributed by atoms with Gasteiger partial charge in [0.2, 0.25) is 0 Å². The Hall–Kier alpha value is -1.08. The van der Waals surface area contributed by atoms with Crippen molar-refractivity contribution >= 4 is 23.4 Å². The smallest absolute Gasteiger partial charge is 0.195 e. The van der Waals surface area contributed by atoms with Gasteiger partial charge in [0.05, 0.1) is 6.61 Å². The minimum Gasteiger partial charge on any atom is -0.383 e. The zero-order chi connectivity index (χ0) is 15.2. The third-order valence-corrected chi connectivity index (χ3v) is 4.45. The van der Waals surface area contributed by atoms with Crippen molar-refractivity contribution in [3.05, 3.63) is 34.6 Å². The van der Waals surface area contributed by atoms with Crippen LogP contribution in [0.25, 0.3) is 0 Å². The normalized spacial score (nSPS) is 11.0. The van der Waals surface area contributed by atoms with Gasteiger partial charge in [0.15, 0.2) is 5.16 Å². The Balaban J connectivity index is 2.13. The molecule has 2 rings (SSSR count). The summed E-state index contributed by atoms with van der Waals surface area (Å²) in [5.41, 5.74) is 1.18. The summed E-state index contributed by atoms with van der Waals surface area (Å²) in [5, 5.41) is 13.2. The SMILES string of the molecule is COCCNCc1ccc(Cl)cc1Sc1nnc(C)n1C. The van der Waals surface area contributed by atoms with Crippen molar-refractivity contribution in [2.24, 2.45) is 7.05 Å². The number of benzene rings is 1. The largest absolute Gasteiger partial charge is 0.383 e. The van der Waals surface area contributed by atoms with Crippen LogP contribution in [0, 0.1) is 6.92 Å². The quantitative estimate of drug-likeness (QED) is 0.793. The molecule has 1 aromatic heterocycles. The van der Waals surface area contributed by atoms with Crippen LogP contribution in [0.5, 0.6) is 0 Å². The molecule has 0 radical (unpaired) electrons. The third-order valence-electron chi connectivity index (χ3n) is 3.08. The lowest BCUT2D eigenvalue weighted by Gasteiger charge is -2.10. The van der Waals surface area contributed by atoms with Crippen LogP contribution < -0.4 is 5.32 Å². The fourth-order valence-corrected chi connectivity index (χ4v) is 2.98. The molecule has 0 spiro atoms. The highest BCUT2D eigenvalue weighted by Gasteiger charge is 2.11. The molecule has 0 atom stereocenters. The molecule has 0 bridgehead atoms. The number of nitrogens with one attached hydrogen (secondary N) is 1. The van der Waals surface area contributed by atoms with Gasteiger partial charge in [-0.2, -0.15) is 0 Å². The van der Waals surface area contributed by atoms with Gasteiger partial charge in [-0.05, 0) is 36.4 Å².